The van der Waals surface area contributed by atoms with Gasteiger partial charge >= 0.3 is 0 Å². The first-order valence-corrected chi connectivity index (χ1v) is 10.6. The van der Waals surface area contributed by atoms with E-state index < -0.39 is 0 Å². The highest BCUT2D eigenvalue weighted by atomic mass is 16.5. The maximum absolute atomic E-state index is 13.5. The van der Waals surface area contributed by atoms with Crippen LogP contribution >= 0.6 is 0 Å². The second-order valence-electron chi connectivity index (χ2n) is 8.02. The molecule has 0 radical (unpaired) electrons. The predicted octanol–water partition coefficient (Wildman–Crippen LogP) is 2.95. The van der Waals surface area contributed by atoms with E-state index in [0.717, 1.165) is 24.4 Å². The number of benzene rings is 2. The van der Waals surface area contributed by atoms with Gasteiger partial charge in [0.2, 0.25) is 11.8 Å². The lowest BCUT2D eigenvalue weighted by molar-refractivity contribution is -0.146. The van der Waals surface area contributed by atoms with Crippen LogP contribution in [-0.2, 0) is 9.59 Å². The zero-order valence-corrected chi connectivity index (χ0v) is 17.7. The number of methoxy groups -OCH3 is 1. The lowest BCUT2D eigenvalue weighted by Crippen LogP contribution is -2.53. The van der Waals surface area contributed by atoms with Crippen molar-refractivity contribution in [3.8, 4) is 5.75 Å². The maximum Gasteiger partial charge on any atom is 0.228 e. The molecular formula is C24H29N3O3. The minimum absolute atomic E-state index is 0.0914. The summed E-state index contributed by atoms with van der Waals surface area (Å²) in [7, 11) is 3.44. The Balaban J connectivity index is 1.49. The molecule has 6 nitrogen and oxygen atoms in total. The largest absolute Gasteiger partial charge is 0.497 e. The third-order valence-electron chi connectivity index (χ3n) is 6.35. The topological polar surface area (TPSA) is 53.1 Å². The van der Waals surface area contributed by atoms with Gasteiger partial charge in [-0.2, -0.15) is 0 Å². The van der Waals surface area contributed by atoms with Crippen molar-refractivity contribution in [2.45, 2.75) is 18.9 Å². The summed E-state index contributed by atoms with van der Waals surface area (Å²) in [4.78, 5) is 32.0. The number of likely N-dealkylation sites (tertiary alicyclic amines) is 1. The summed E-state index contributed by atoms with van der Waals surface area (Å²) in [6.07, 6.45) is 1.02. The van der Waals surface area contributed by atoms with Gasteiger partial charge < -0.3 is 19.4 Å². The highest BCUT2D eigenvalue weighted by Gasteiger charge is 2.41. The van der Waals surface area contributed by atoms with Crippen LogP contribution in [0.25, 0.3) is 0 Å². The number of carbonyl (C=O) groups excluding carboxylic acids is 2. The molecule has 0 N–H and O–H groups in total. The molecule has 0 saturated carbocycles. The number of ether oxygens (including phenoxy) is 1. The fourth-order valence-corrected chi connectivity index (χ4v) is 4.61. The first-order chi connectivity index (χ1) is 14.6. The van der Waals surface area contributed by atoms with Crippen molar-refractivity contribution < 1.29 is 14.3 Å². The van der Waals surface area contributed by atoms with Crippen molar-refractivity contribution in [3.63, 3.8) is 0 Å². The number of carbonyl (C=O) groups is 2. The van der Waals surface area contributed by atoms with Gasteiger partial charge in [0, 0.05) is 45.3 Å². The zero-order valence-electron chi connectivity index (χ0n) is 17.7. The van der Waals surface area contributed by atoms with Crippen LogP contribution in [0, 0.1) is 5.92 Å². The lowest BCUT2D eigenvalue weighted by Gasteiger charge is -2.43. The van der Waals surface area contributed by atoms with Gasteiger partial charge in [0.15, 0.2) is 0 Å². The summed E-state index contributed by atoms with van der Waals surface area (Å²) in [5.74, 6) is 0.796. The Hall–Kier alpha value is -3.02. The Morgan fingerprint density at radius 2 is 1.63 bits per heavy atom. The molecule has 2 atom stereocenters. The number of nitrogens with zero attached hydrogens (tertiary/aromatic N) is 3. The van der Waals surface area contributed by atoms with Gasteiger partial charge in [-0.1, -0.05) is 30.3 Å². The van der Waals surface area contributed by atoms with E-state index in [1.807, 2.05) is 54.4 Å². The van der Waals surface area contributed by atoms with E-state index in [1.165, 1.54) is 5.69 Å². The van der Waals surface area contributed by atoms with Crippen molar-refractivity contribution in [2.75, 3.05) is 45.2 Å². The van der Waals surface area contributed by atoms with Crippen molar-refractivity contribution in [3.05, 3.63) is 60.2 Å². The van der Waals surface area contributed by atoms with Gasteiger partial charge in [0.05, 0.1) is 19.1 Å². The summed E-state index contributed by atoms with van der Waals surface area (Å²) in [6, 6.07) is 17.8. The van der Waals surface area contributed by atoms with Crippen molar-refractivity contribution >= 4 is 17.5 Å². The van der Waals surface area contributed by atoms with Gasteiger partial charge in [-0.05, 0) is 36.2 Å². The van der Waals surface area contributed by atoms with Crippen LogP contribution in [0.3, 0.4) is 0 Å². The van der Waals surface area contributed by atoms with Gasteiger partial charge in [0.25, 0.3) is 0 Å². The van der Waals surface area contributed by atoms with Gasteiger partial charge in [0.1, 0.15) is 5.75 Å². The average Bonchev–Trinajstić information content (AvgIpc) is 2.81. The highest BCUT2D eigenvalue weighted by Crippen LogP contribution is 2.37. The Morgan fingerprint density at radius 3 is 2.27 bits per heavy atom. The number of piperidine rings is 1. The van der Waals surface area contributed by atoms with Crippen LogP contribution in [0.5, 0.6) is 5.75 Å². The van der Waals surface area contributed by atoms with Gasteiger partial charge in [-0.25, -0.2) is 0 Å². The molecule has 2 heterocycles. The van der Waals surface area contributed by atoms with E-state index in [1.54, 1.807) is 12.0 Å². The number of hydrogen-bond acceptors (Lipinski definition) is 4. The Morgan fingerprint density at radius 1 is 0.967 bits per heavy atom. The Bertz CT molecular complexity index is 876. The number of piperazine rings is 1. The molecule has 2 fully saturated rings. The van der Waals surface area contributed by atoms with E-state index in [2.05, 4.69) is 17.0 Å². The zero-order chi connectivity index (χ0) is 21.1. The summed E-state index contributed by atoms with van der Waals surface area (Å²) >= 11 is 0. The van der Waals surface area contributed by atoms with E-state index >= 15 is 0 Å². The fourth-order valence-electron chi connectivity index (χ4n) is 4.61. The van der Waals surface area contributed by atoms with Crippen LogP contribution in [-0.4, -0.2) is 62.0 Å². The summed E-state index contributed by atoms with van der Waals surface area (Å²) in [5.41, 5.74) is 2.18. The molecule has 2 aromatic carbocycles. The number of hydrogen-bond donors (Lipinski definition) is 0. The van der Waals surface area contributed by atoms with E-state index in [9.17, 15) is 9.59 Å². The van der Waals surface area contributed by atoms with Crippen LogP contribution in [0.1, 0.15) is 24.4 Å². The minimum Gasteiger partial charge on any atom is -0.497 e. The fraction of sp³-hybridized carbons (Fsp3) is 0.417. The minimum atomic E-state index is -0.239. The number of amides is 2. The molecule has 0 aliphatic carbocycles. The summed E-state index contributed by atoms with van der Waals surface area (Å²) < 4.78 is 5.26. The van der Waals surface area contributed by atoms with Crippen LogP contribution in [0.2, 0.25) is 0 Å². The molecule has 2 aliphatic heterocycles. The second-order valence-corrected chi connectivity index (χ2v) is 8.02. The Labute approximate surface area is 178 Å². The first kappa shape index (κ1) is 20.3. The van der Waals surface area contributed by atoms with Crippen molar-refractivity contribution in [2.24, 2.45) is 5.92 Å². The molecule has 2 aliphatic rings. The van der Waals surface area contributed by atoms with Crippen LogP contribution in [0.15, 0.2) is 54.6 Å². The number of rotatable bonds is 4. The molecule has 2 aromatic rings. The molecule has 0 bridgehead atoms. The van der Waals surface area contributed by atoms with Crippen molar-refractivity contribution in [1.82, 2.24) is 9.80 Å². The highest BCUT2D eigenvalue weighted by molar-refractivity contribution is 5.85. The quantitative estimate of drug-likeness (QED) is 0.782. The van der Waals surface area contributed by atoms with Crippen LogP contribution in [0.4, 0.5) is 5.69 Å². The molecule has 0 unspecified atom stereocenters. The SMILES string of the molecule is COc1ccc([C@H]2[C@@H](C(=O)N3CCN(c4ccccc4)CC3)CCC(=O)N2C)cc1. The standard InChI is InChI=1S/C24H29N3O3/c1-25-22(28)13-12-21(23(25)18-8-10-20(30-2)11-9-18)24(29)27-16-14-26(15-17-27)19-6-4-3-5-7-19/h3-11,21,23H,12-17H2,1-2H3/t21-,23-/m0/s1. The van der Waals surface area contributed by atoms with E-state index in [-0.39, 0.29) is 23.8 Å². The molecule has 2 saturated heterocycles. The molecule has 158 valence electrons. The molecular weight excluding hydrogens is 378 g/mol. The van der Waals surface area contributed by atoms with E-state index in [0.29, 0.717) is 25.9 Å². The average molecular weight is 408 g/mol. The third-order valence-corrected chi connectivity index (χ3v) is 6.35. The molecule has 0 spiro atoms. The first-order valence-electron chi connectivity index (χ1n) is 10.6. The normalized spacial score (nSPS) is 22.2. The smallest absolute Gasteiger partial charge is 0.228 e. The van der Waals surface area contributed by atoms with Gasteiger partial charge in [-0.3, -0.25) is 9.59 Å². The predicted molar refractivity (Wildman–Crippen MR) is 116 cm³/mol. The summed E-state index contributed by atoms with van der Waals surface area (Å²) in [5, 5.41) is 0. The second kappa shape index (κ2) is 8.78. The lowest BCUT2D eigenvalue weighted by atomic mass is 9.83. The molecule has 0 aromatic heterocycles. The molecule has 6 heteroatoms. The Kier molecular flexibility index (Phi) is 5.93. The third kappa shape index (κ3) is 3.99. The molecule has 2 amide bonds. The van der Waals surface area contributed by atoms with Gasteiger partial charge in [-0.15, -0.1) is 0 Å². The monoisotopic (exact) mass is 407 g/mol. The number of para-hydroxylation sites is 1. The van der Waals surface area contributed by atoms with Crippen molar-refractivity contribution in [1.29, 1.82) is 0 Å². The summed E-state index contributed by atoms with van der Waals surface area (Å²) in [6.45, 7) is 3.06. The molecule has 4 rings (SSSR count). The van der Waals surface area contributed by atoms with E-state index in [4.69, 9.17) is 4.74 Å². The maximum atomic E-state index is 13.5. The number of anilines is 1. The molecule has 30 heavy (non-hydrogen) atoms. The van der Waals surface area contributed by atoms with Crippen LogP contribution < -0.4 is 9.64 Å².